The summed E-state index contributed by atoms with van der Waals surface area (Å²) in [6.45, 7) is 4.63. The van der Waals surface area contributed by atoms with Crippen molar-refractivity contribution < 1.29 is 9.59 Å². The molecule has 0 atom stereocenters. The van der Waals surface area contributed by atoms with Crippen molar-refractivity contribution in [1.29, 1.82) is 0 Å². The zero-order valence-corrected chi connectivity index (χ0v) is 15.3. The Bertz CT molecular complexity index is 1060. The number of nitrogens with one attached hydrogen (secondary N) is 2. The van der Waals surface area contributed by atoms with E-state index in [1.54, 1.807) is 12.1 Å². The topological polar surface area (TPSA) is 58.2 Å². The summed E-state index contributed by atoms with van der Waals surface area (Å²) in [7, 11) is 0. The number of fused-ring (bicyclic) bond motifs is 1. The van der Waals surface area contributed by atoms with E-state index >= 15 is 0 Å². The van der Waals surface area contributed by atoms with Crippen molar-refractivity contribution in [2.75, 3.05) is 5.32 Å². The van der Waals surface area contributed by atoms with Crippen LogP contribution < -0.4 is 10.6 Å². The summed E-state index contributed by atoms with van der Waals surface area (Å²) in [5.41, 5.74) is 7.13. The lowest BCUT2D eigenvalue weighted by Gasteiger charge is -2.15. The second-order valence-corrected chi connectivity index (χ2v) is 6.76. The van der Waals surface area contributed by atoms with Crippen LogP contribution in [0.2, 0.25) is 0 Å². The minimum absolute atomic E-state index is 0.152. The van der Waals surface area contributed by atoms with Gasteiger partial charge in [-0.2, -0.15) is 0 Å². The van der Waals surface area contributed by atoms with Gasteiger partial charge in [-0.3, -0.25) is 9.59 Å². The van der Waals surface area contributed by atoms with E-state index in [-0.39, 0.29) is 11.8 Å². The number of hydrogen-bond acceptors (Lipinski definition) is 2. The molecule has 2 N–H and O–H groups in total. The van der Waals surface area contributed by atoms with Gasteiger partial charge in [0.25, 0.3) is 11.8 Å². The first-order chi connectivity index (χ1) is 13.1. The molecule has 2 amide bonds. The number of rotatable bonds is 3. The number of amides is 2. The maximum absolute atomic E-state index is 12.5. The highest BCUT2D eigenvalue weighted by atomic mass is 16.2. The number of carbonyl (C=O) groups excluding carboxylic acids is 2. The molecule has 0 saturated carbocycles. The summed E-state index contributed by atoms with van der Waals surface area (Å²) in [6.07, 6.45) is 0. The third-order valence-corrected chi connectivity index (χ3v) is 5.14. The number of aryl methyl sites for hydroxylation is 1. The number of anilines is 1. The van der Waals surface area contributed by atoms with Crippen LogP contribution in [0.1, 0.15) is 37.4 Å². The Kier molecular flexibility index (Phi) is 4.24. The standard InChI is InChI=1S/C23H20N2O2/c1-14-7-6-10-17(15(14)2)18-11-12-20(21-19(18)13-24-23(21)27)25-22(26)16-8-4-3-5-9-16/h3-12H,13H2,1-2H3,(H,24,27)(H,25,26). The minimum atomic E-state index is -0.225. The van der Waals surface area contributed by atoms with Gasteiger partial charge >= 0.3 is 0 Å². The lowest BCUT2D eigenvalue weighted by Crippen LogP contribution is -2.17. The fourth-order valence-corrected chi connectivity index (χ4v) is 3.53. The van der Waals surface area contributed by atoms with Crippen LogP contribution in [0.4, 0.5) is 5.69 Å². The van der Waals surface area contributed by atoms with Gasteiger partial charge in [0.15, 0.2) is 0 Å². The molecule has 4 heteroatoms. The van der Waals surface area contributed by atoms with Gasteiger partial charge in [0.2, 0.25) is 0 Å². The van der Waals surface area contributed by atoms with Gasteiger partial charge in [0, 0.05) is 12.1 Å². The predicted octanol–water partition coefficient (Wildman–Crippen LogP) is 4.47. The Morgan fingerprint density at radius 3 is 2.48 bits per heavy atom. The summed E-state index contributed by atoms with van der Waals surface area (Å²) in [5, 5.41) is 5.79. The molecule has 0 saturated heterocycles. The Morgan fingerprint density at radius 1 is 0.926 bits per heavy atom. The molecule has 3 aromatic carbocycles. The van der Waals surface area contributed by atoms with E-state index < -0.39 is 0 Å². The summed E-state index contributed by atoms with van der Waals surface area (Å²) in [6, 6.07) is 19.0. The molecule has 4 rings (SSSR count). The average molecular weight is 356 g/mol. The van der Waals surface area contributed by atoms with E-state index in [0.29, 0.717) is 23.4 Å². The van der Waals surface area contributed by atoms with E-state index in [2.05, 4.69) is 36.6 Å². The van der Waals surface area contributed by atoms with Crippen molar-refractivity contribution >= 4 is 17.5 Å². The molecule has 0 unspecified atom stereocenters. The van der Waals surface area contributed by atoms with Crippen LogP contribution in [0.3, 0.4) is 0 Å². The third-order valence-electron chi connectivity index (χ3n) is 5.14. The quantitative estimate of drug-likeness (QED) is 0.728. The molecule has 1 heterocycles. The molecule has 0 spiro atoms. The van der Waals surface area contributed by atoms with Crippen molar-refractivity contribution in [2.45, 2.75) is 20.4 Å². The van der Waals surface area contributed by atoms with Crippen LogP contribution in [0.5, 0.6) is 0 Å². The van der Waals surface area contributed by atoms with Gasteiger partial charge in [0.05, 0.1) is 11.3 Å². The number of hydrogen-bond donors (Lipinski definition) is 2. The van der Waals surface area contributed by atoms with Crippen molar-refractivity contribution in [3.8, 4) is 11.1 Å². The molecule has 1 aliphatic rings. The molecule has 27 heavy (non-hydrogen) atoms. The predicted molar refractivity (Wildman–Crippen MR) is 107 cm³/mol. The Labute approximate surface area is 158 Å². The molecule has 134 valence electrons. The first-order valence-electron chi connectivity index (χ1n) is 8.93. The van der Waals surface area contributed by atoms with Crippen LogP contribution in [0, 0.1) is 13.8 Å². The van der Waals surface area contributed by atoms with Crippen molar-refractivity contribution in [1.82, 2.24) is 5.32 Å². The van der Waals surface area contributed by atoms with Gasteiger partial charge in [-0.25, -0.2) is 0 Å². The normalized spacial score (nSPS) is 12.4. The molecule has 3 aromatic rings. The van der Waals surface area contributed by atoms with Crippen LogP contribution in [0.25, 0.3) is 11.1 Å². The fourth-order valence-electron chi connectivity index (χ4n) is 3.53. The molecule has 0 aliphatic carbocycles. The molecule has 0 fully saturated rings. The van der Waals surface area contributed by atoms with Gasteiger partial charge in [-0.05, 0) is 59.9 Å². The van der Waals surface area contributed by atoms with Gasteiger partial charge in [-0.15, -0.1) is 0 Å². The molecular weight excluding hydrogens is 336 g/mol. The van der Waals surface area contributed by atoms with Crippen molar-refractivity contribution in [3.63, 3.8) is 0 Å². The van der Waals surface area contributed by atoms with E-state index in [1.807, 2.05) is 36.4 Å². The average Bonchev–Trinajstić information content (AvgIpc) is 3.07. The fraction of sp³-hybridized carbons (Fsp3) is 0.130. The first kappa shape index (κ1) is 17.0. The summed E-state index contributed by atoms with van der Waals surface area (Å²) >= 11 is 0. The van der Waals surface area contributed by atoms with Gasteiger partial charge in [-0.1, -0.05) is 42.5 Å². The van der Waals surface area contributed by atoms with Gasteiger partial charge in [0.1, 0.15) is 0 Å². The monoisotopic (exact) mass is 356 g/mol. The second kappa shape index (κ2) is 6.72. The summed E-state index contributed by atoms with van der Waals surface area (Å²) in [5.74, 6) is -0.377. The van der Waals surface area contributed by atoms with Crippen LogP contribution >= 0.6 is 0 Å². The van der Waals surface area contributed by atoms with Crippen LogP contribution in [-0.2, 0) is 6.54 Å². The maximum atomic E-state index is 12.5. The zero-order chi connectivity index (χ0) is 19.0. The van der Waals surface area contributed by atoms with E-state index in [4.69, 9.17) is 0 Å². The highest BCUT2D eigenvalue weighted by molar-refractivity contribution is 6.11. The molecule has 0 bridgehead atoms. The Balaban J connectivity index is 1.78. The van der Waals surface area contributed by atoms with Crippen LogP contribution in [0.15, 0.2) is 60.7 Å². The number of carbonyl (C=O) groups is 2. The SMILES string of the molecule is Cc1cccc(-c2ccc(NC(=O)c3ccccc3)c3c2CNC3=O)c1C. The lowest BCUT2D eigenvalue weighted by atomic mass is 9.91. The van der Waals surface area contributed by atoms with E-state index in [9.17, 15) is 9.59 Å². The van der Waals surface area contributed by atoms with Gasteiger partial charge < -0.3 is 10.6 Å². The summed E-state index contributed by atoms with van der Waals surface area (Å²) in [4.78, 5) is 25.0. The maximum Gasteiger partial charge on any atom is 0.255 e. The molecule has 4 nitrogen and oxygen atoms in total. The Hall–Kier alpha value is -3.40. The first-order valence-corrected chi connectivity index (χ1v) is 8.93. The minimum Gasteiger partial charge on any atom is -0.348 e. The zero-order valence-electron chi connectivity index (χ0n) is 15.3. The smallest absolute Gasteiger partial charge is 0.255 e. The van der Waals surface area contributed by atoms with E-state index in [1.165, 1.54) is 11.1 Å². The van der Waals surface area contributed by atoms with Crippen molar-refractivity contribution in [3.05, 3.63) is 88.5 Å². The third kappa shape index (κ3) is 2.99. The van der Waals surface area contributed by atoms with Crippen LogP contribution in [-0.4, -0.2) is 11.8 Å². The lowest BCUT2D eigenvalue weighted by molar-refractivity contribution is 0.0966. The molecule has 1 aliphatic heterocycles. The molecular formula is C23H20N2O2. The molecule has 0 aromatic heterocycles. The molecule has 0 radical (unpaired) electrons. The summed E-state index contributed by atoms with van der Waals surface area (Å²) < 4.78 is 0. The Morgan fingerprint density at radius 2 is 1.70 bits per heavy atom. The largest absolute Gasteiger partial charge is 0.348 e. The number of benzene rings is 3. The highest BCUT2D eigenvalue weighted by Gasteiger charge is 2.27. The highest BCUT2D eigenvalue weighted by Crippen LogP contribution is 2.36. The second-order valence-electron chi connectivity index (χ2n) is 6.76. The van der Waals surface area contributed by atoms with Crippen molar-refractivity contribution in [2.24, 2.45) is 0 Å². The van der Waals surface area contributed by atoms with E-state index in [0.717, 1.165) is 16.7 Å².